The zero-order valence-corrected chi connectivity index (χ0v) is 13.7. The van der Waals surface area contributed by atoms with E-state index >= 15 is 0 Å². The first kappa shape index (κ1) is 15.0. The van der Waals surface area contributed by atoms with Gasteiger partial charge in [0.2, 0.25) is 5.69 Å². The molecule has 7 heteroatoms. The predicted molar refractivity (Wildman–Crippen MR) is 85.6 cm³/mol. The third kappa shape index (κ3) is 2.71. The number of aryl methyl sites for hydroxylation is 1. The zero-order chi connectivity index (χ0) is 15.7. The van der Waals surface area contributed by atoms with E-state index in [2.05, 4.69) is 35.9 Å². The molecule has 0 amide bonds. The van der Waals surface area contributed by atoms with Gasteiger partial charge in [-0.25, -0.2) is 9.24 Å². The Morgan fingerprint density at radius 3 is 2.68 bits per heavy atom. The van der Waals surface area contributed by atoms with Crippen LogP contribution in [0, 0.1) is 12.4 Å². The number of benzene rings is 1. The minimum atomic E-state index is -0.393. The predicted octanol–water partition coefficient (Wildman–Crippen LogP) is 3.65. The van der Waals surface area contributed by atoms with Gasteiger partial charge in [0.25, 0.3) is 0 Å². The summed E-state index contributed by atoms with van der Waals surface area (Å²) in [6.45, 7) is 8.89. The van der Waals surface area contributed by atoms with Gasteiger partial charge in [-0.2, -0.15) is 0 Å². The highest BCUT2D eigenvalue weighted by Crippen LogP contribution is 2.40. The molecule has 1 aromatic heterocycles. The molecule has 5 nitrogen and oxygen atoms in total. The highest BCUT2D eigenvalue weighted by molar-refractivity contribution is 9.10. The molecule has 2 aromatic rings. The molecule has 22 heavy (non-hydrogen) atoms. The summed E-state index contributed by atoms with van der Waals surface area (Å²) < 4.78 is 16.0. The van der Waals surface area contributed by atoms with Crippen LogP contribution in [-0.4, -0.2) is 27.9 Å². The fraction of sp³-hybridized carbons (Fsp3) is 0.400. The molecule has 0 aliphatic carbocycles. The van der Waals surface area contributed by atoms with Crippen molar-refractivity contribution in [3.8, 4) is 0 Å². The van der Waals surface area contributed by atoms with Crippen LogP contribution in [0.1, 0.15) is 24.6 Å². The first-order valence-electron chi connectivity index (χ1n) is 7.05. The number of nitrogens with zero attached hydrogens (tertiary/aromatic N) is 5. The molecule has 1 aliphatic rings. The van der Waals surface area contributed by atoms with Crippen LogP contribution in [0.3, 0.4) is 0 Å². The van der Waals surface area contributed by atoms with Gasteiger partial charge in [-0.1, -0.05) is 0 Å². The van der Waals surface area contributed by atoms with Crippen LogP contribution in [0.15, 0.2) is 22.9 Å². The van der Waals surface area contributed by atoms with Crippen LogP contribution < -0.4 is 4.90 Å². The largest absolute Gasteiger partial charge is 0.379 e. The lowest BCUT2D eigenvalue weighted by molar-refractivity contribution is 0.474. The molecule has 0 unspecified atom stereocenters. The maximum Gasteiger partial charge on any atom is 0.213 e. The first-order valence-corrected chi connectivity index (χ1v) is 7.84. The van der Waals surface area contributed by atoms with E-state index in [1.807, 2.05) is 11.6 Å². The Balaban J connectivity index is 1.80. The van der Waals surface area contributed by atoms with E-state index in [9.17, 15) is 4.39 Å². The lowest BCUT2D eigenvalue weighted by Crippen LogP contribution is -2.33. The first-order chi connectivity index (χ1) is 10.6. The van der Waals surface area contributed by atoms with Crippen molar-refractivity contribution in [1.29, 1.82) is 0 Å². The molecule has 3 rings (SSSR count). The molecule has 1 fully saturated rings. The molecule has 114 valence electrons. The normalized spacial score (nSPS) is 15.8. The molecule has 0 atom stereocenters. The van der Waals surface area contributed by atoms with E-state index in [1.54, 1.807) is 6.33 Å². The molecule has 1 aliphatic heterocycles. The van der Waals surface area contributed by atoms with Gasteiger partial charge in [-0.15, -0.1) is 10.2 Å². The minimum Gasteiger partial charge on any atom is -0.379 e. The van der Waals surface area contributed by atoms with Crippen molar-refractivity contribution in [2.75, 3.05) is 18.0 Å². The number of aromatic nitrogens is 3. The van der Waals surface area contributed by atoms with Crippen molar-refractivity contribution in [3.63, 3.8) is 0 Å². The van der Waals surface area contributed by atoms with Crippen molar-refractivity contribution in [2.24, 2.45) is 7.05 Å². The number of piperidine rings is 1. The zero-order valence-electron chi connectivity index (χ0n) is 12.1. The van der Waals surface area contributed by atoms with Gasteiger partial charge in [0, 0.05) is 30.5 Å². The molecule has 1 saturated heterocycles. The van der Waals surface area contributed by atoms with Gasteiger partial charge in [0.05, 0.1) is 12.3 Å². The van der Waals surface area contributed by atoms with E-state index in [0.717, 1.165) is 37.4 Å². The summed E-state index contributed by atoms with van der Waals surface area (Å²) >= 11 is 3.39. The third-order valence-electron chi connectivity index (χ3n) is 4.05. The van der Waals surface area contributed by atoms with Crippen molar-refractivity contribution in [1.82, 2.24) is 14.8 Å². The lowest BCUT2D eigenvalue weighted by Gasteiger charge is -2.34. The fourth-order valence-corrected chi connectivity index (χ4v) is 3.65. The summed E-state index contributed by atoms with van der Waals surface area (Å²) in [5, 5.41) is 8.12. The van der Waals surface area contributed by atoms with Gasteiger partial charge in [-0.05, 0) is 40.9 Å². The number of hydrogen-bond acceptors (Lipinski definition) is 3. The van der Waals surface area contributed by atoms with Crippen LogP contribution in [-0.2, 0) is 7.05 Å². The quantitative estimate of drug-likeness (QED) is 0.764. The molecule has 0 N–H and O–H groups in total. The van der Waals surface area contributed by atoms with Crippen LogP contribution in [0.5, 0.6) is 0 Å². The van der Waals surface area contributed by atoms with Gasteiger partial charge < -0.3 is 9.47 Å². The monoisotopic (exact) mass is 363 g/mol. The van der Waals surface area contributed by atoms with Gasteiger partial charge in [0.1, 0.15) is 18.0 Å². The van der Waals surface area contributed by atoms with E-state index in [-0.39, 0.29) is 0 Å². The Labute approximate surface area is 136 Å². The summed E-state index contributed by atoms with van der Waals surface area (Å²) in [5.41, 5.74) is 1.14. The van der Waals surface area contributed by atoms with E-state index < -0.39 is 5.82 Å². The Kier molecular flexibility index (Phi) is 4.12. The van der Waals surface area contributed by atoms with Crippen molar-refractivity contribution in [3.05, 3.63) is 46.0 Å². The smallest absolute Gasteiger partial charge is 0.213 e. The summed E-state index contributed by atoms with van der Waals surface area (Å²) in [4.78, 5) is 5.60. The maximum absolute atomic E-state index is 13.4. The fourth-order valence-electron chi connectivity index (χ4n) is 2.97. The summed E-state index contributed by atoms with van der Waals surface area (Å²) in [5.74, 6) is 0.984. The maximum atomic E-state index is 13.4. The van der Waals surface area contributed by atoms with Crippen LogP contribution >= 0.6 is 15.9 Å². The Morgan fingerprint density at radius 2 is 2.09 bits per heavy atom. The third-order valence-corrected chi connectivity index (χ3v) is 4.66. The van der Waals surface area contributed by atoms with Crippen LogP contribution in [0.25, 0.3) is 4.85 Å². The number of halogens is 2. The average molecular weight is 364 g/mol. The molecular weight excluding hydrogens is 349 g/mol. The molecule has 0 spiro atoms. The second-order valence-electron chi connectivity index (χ2n) is 5.43. The molecule has 0 bridgehead atoms. The van der Waals surface area contributed by atoms with E-state index in [4.69, 9.17) is 6.57 Å². The highest BCUT2D eigenvalue weighted by atomic mass is 79.9. The molecule has 1 aromatic carbocycles. The lowest BCUT2D eigenvalue weighted by atomic mass is 9.95. The van der Waals surface area contributed by atoms with E-state index in [1.165, 1.54) is 12.1 Å². The Morgan fingerprint density at radius 1 is 1.36 bits per heavy atom. The summed E-state index contributed by atoms with van der Waals surface area (Å²) in [6.07, 6.45) is 3.59. The molecule has 0 radical (unpaired) electrons. The minimum absolute atomic E-state index is 0.351. The average Bonchev–Trinajstić information content (AvgIpc) is 2.93. The Hall–Kier alpha value is -1.94. The summed E-state index contributed by atoms with van der Waals surface area (Å²) in [6, 6.07) is 2.71. The molecular formula is C15H15BrFN5. The SMILES string of the molecule is [C-]#[N+]c1cc(F)cc(Br)c1N1CCC(c2nncn2C)CC1. The summed E-state index contributed by atoms with van der Waals surface area (Å²) in [7, 11) is 1.95. The standard InChI is InChI=1S/C15H15BrFN5/c1-18-13-8-11(17)7-12(16)14(13)22-5-3-10(4-6-22)15-20-19-9-21(15)2/h7-10H,3-6H2,2H3. The second-order valence-corrected chi connectivity index (χ2v) is 6.28. The number of anilines is 1. The topological polar surface area (TPSA) is 38.3 Å². The Bertz CT molecular complexity index is 728. The molecule has 2 heterocycles. The highest BCUT2D eigenvalue weighted by Gasteiger charge is 2.26. The number of rotatable bonds is 2. The van der Waals surface area contributed by atoms with Crippen molar-refractivity contribution in [2.45, 2.75) is 18.8 Å². The second kappa shape index (κ2) is 6.05. The van der Waals surface area contributed by atoms with Crippen LogP contribution in [0.4, 0.5) is 15.8 Å². The van der Waals surface area contributed by atoms with Crippen molar-refractivity contribution < 1.29 is 4.39 Å². The van der Waals surface area contributed by atoms with E-state index in [0.29, 0.717) is 16.1 Å². The van der Waals surface area contributed by atoms with Gasteiger partial charge in [-0.3, -0.25) is 0 Å². The van der Waals surface area contributed by atoms with Gasteiger partial charge in [0.15, 0.2) is 0 Å². The number of hydrogen-bond donors (Lipinski definition) is 0. The van der Waals surface area contributed by atoms with Crippen LogP contribution in [0.2, 0.25) is 0 Å². The molecule has 0 saturated carbocycles. The van der Waals surface area contributed by atoms with Crippen molar-refractivity contribution >= 4 is 27.3 Å². The van der Waals surface area contributed by atoms with Gasteiger partial charge >= 0.3 is 0 Å².